The number of aromatic nitrogens is 1. The van der Waals surface area contributed by atoms with Crippen LogP contribution in [0, 0.1) is 5.82 Å². The van der Waals surface area contributed by atoms with Gasteiger partial charge < -0.3 is 15.4 Å². The van der Waals surface area contributed by atoms with Crippen molar-refractivity contribution >= 4 is 23.3 Å². The van der Waals surface area contributed by atoms with E-state index in [1.807, 2.05) is 0 Å². The number of nitrogens with one attached hydrogen (secondary N) is 2. The summed E-state index contributed by atoms with van der Waals surface area (Å²) in [5, 5.41) is 4.88. The summed E-state index contributed by atoms with van der Waals surface area (Å²) < 4.78 is 18.6. The predicted octanol–water partition coefficient (Wildman–Crippen LogP) is 3.19. The Bertz CT molecular complexity index is 1050. The standard InChI is InChI=1S/C21H16FN3O4/c1-23-20(27)18-17(3-2-12-24-18)29-16-10-4-13(5-11-16)19(26)21(28)25-15-8-6-14(22)7-9-15/h2-12H,1H3,(H,23,27)(H,25,28). The lowest BCUT2D eigenvalue weighted by Gasteiger charge is -2.10. The van der Waals surface area contributed by atoms with Crippen molar-refractivity contribution in [1.82, 2.24) is 10.3 Å². The highest BCUT2D eigenvalue weighted by molar-refractivity contribution is 6.46. The normalized spacial score (nSPS) is 10.1. The Balaban J connectivity index is 1.70. The van der Waals surface area contributed by atoms with Crippen molar-refractivity contribution in [2.45, 2.75) is 0 Å². The van der Waals surface area contributed by atoms with Crippen LogP contribution in [0.4, 0.5) is 10.1 Å². The molecule has 0 saturated carbocycles. The minimum atomic E-state index is -0.848. The molecule has 3 rings (SSSR count). The van der Waals surface area contributed by atoms with E-state index in [0.717, 1.165) is 0 Å². The Morgan fingerprint density at radius 2 is 1.66 bits per heavy atom. The number of carbonyl (C=O) groups excluding carboxylic acids is 3. The summed E-state index contributed by atoms with van der Waals surface area (Å²) in [5.41, 5.74) is 0.575. The highest BCUT2D eigenvalue weighted by Gasteiger charge is 2.17. The van der Waals surface area contributed by atoms with Crippen molar-refractivity contribution < 1.29 is 23.5 Å². The molecule has 8 heteroatoms. The van der Waals surface area contributed by atoms with E-state index in [9.17, 15) is 18.8 Å². The third kappa shape index (κ3) is 4.81. The molecule has 0 unspecified atom stereocenters. The zero-order valence-corrected chi connectivity index (χ0v) is 15.3. The number of hydrogen-bond acceptors (Lipinski definition) is 5. The van der Waals surface area contributed by atoms with Gasteiger partial charge in [-0.15, -0.1) is 0 Å². The van der Waals surface area contributed by atoms with Gasteiger partial charge in [-0.3, -0.25) is 14.4 Å². The first-order chi connectivity index (χ1) is 14.0. The Labute approximate surface area is 165 Å². The lowest BCUT2D eigenvalue weighted by molar-refractivity contribution is -0.112. The number of pyridine rings is 1. The number of hydrogen-bond donors (Lipinski definition) is 2. The highest BCUT2D eigenvalue weighted by atomic mass is 19.1. The fourth-order valence-electron chi connectivity index (χ4n) is 2.42. The molecule has 1 aromatic heterocycles. The number of benzene rings is 2. The summed E-state index contributed by atoms with van der Waals surface area (Å²) in [4.78, 5) is 40.2. The average molecular weight is 393 g/mol. The second-order valence-electron chi connectivity index (χ2n) is 5.85. The minimum absolute atomic E-state index is 0.119. The molecule has 29 heavy (non-hydrogen) atoms. The van der Waals surface area contributed by atoms with E-state index in [-0.39, 0.29) is 17.0 Å². The molecule has 2 N–H and O–H groups in total. The first-order valence-corrected chi connectivity index (χ1v) is 8.54. The Morgan fingerprint density at radius 1 is 0.966 bits per heavy atom. The molecule has 0 aliphatic heterocycles. The molecule has 3 aromatic rings. The van der Waals surface area contributed by atoms with Gasteiger partial charge in [0.05, 0.1) is 0 Å². The molecule has 0 atom stereocenters. The molecule has 146 valence electrons. The third-order valence-electron chi connectivity index (χ3n) is 3.87. The smallest absolute Gasteiger partial charge is 0.296 e. The van der Waals surface area contributed by atoms with Crippen molar-refractivity contribution in [3.8, 4) is 11.5 Å². The van der Waals surface area contributed by atoms with Gasteiger partial charge in [-0.2, -0.15) is 0 Å². The van der Waals surface area contributed by atoms with Crippen molar-refractivity contribution in [2.75, 3.05) is 12.4 Å². The number of nitrogens with zero attached hydrogens (tertiary/aromatic N) is 1. The fourth-order valence-corrected chi connectivity index (χ4v) is 2.42. The van der Waals surface area contributed by atoms with Gasteiger partial charge in [-0.25, -0.2) is 9.37 Å². The van der Waals surface area contributed by atoms with Crippen LogP contribution in [0.15, 0.2) is 66.9 Å². The van der Waals surface area contributed by atoms with E-state index >= 15 is 0 Å². The molecule has 0 bridgehead atoms. The number of amides is 2. The van der Waals surface area contributed by atoms with Crippen LogP contribution in [0.2, 0.25) is 0 Å². The summed E-state index contributed by atoms with van der Waals surface area (Å²) in [6.07, 6.45) is 1.47. The summed E-state index contributed by atoms with van der Waals surface area (Å²) in [6, 6.07) is 14.1. The van der Waals surface area contributed by atoms with Gasteiger partial charge in [-0.1, -0.05) is 0 Å². The van der Waals surface area contributed by atoms with Crippen LogP contribution >= 0.6 is 0 Å². The molecule has 2 amide bonds. The molecule has 0 spiro atoms. The van der Waals surface area contributed by atoms with Gasteiger partial charge >= 0.3 is 0 Å². The van der Waals surface area contributed by atoms with E-state index in [0.29, 0.717) is 11.4 Å². The first kappa shape index (κ1) is 19.7. The van der Waals surface area contributed by atoms with Gasteiger partial charge in [0.15, 0.2) is 11.4 Å². The Kier molecular flexibility index (Phi) is 5.94. The number of carbonyl (C=O) groups is 3. The SMILES string of the molecule is CNC(=O)c1ncccc1Oc1ccc(C(=O)C(=O)Nc2ccc(F)cc2)cc1. The molecule has 7 nitrogen and oxygen atoms in total. The van der Waals surface area contributed by atoms with Gasteiger partial charge in [0.2, 0.25) is 0 Å². The molecule has 2 aromatic carbocycles. The van der Waals surface area contributed by atoms with Gasteiger partial charge in [0.1, 0.15) is 11.6 Å². The van der Waals surface area contributed by atoms with Crippen LogP contribution in [0.25, 0.3) is 0 Å². The monoisotopic (exact) mass is 393 g/mol. The van der Waals surface area contributed by atoms with Crippen LogP contribution in [0.3, 0.4) is 0 Å². The molecular weight excluding hydrogens is 377 g/mol. The number of rotatable bonds is 6. The number of Topliss-reactive ketones (excluding diaryl/α,β-unsaturated/α-hetero) is 1. The van der Waals surface area contributed by atoms with E-state index in [4.69, 9.17) is 4.74 Å². The van der Waals surface area contributed by atoms with Gasteiger partial charge in [0.25, 0.3) is 17.6 Å². The maximum Gasteiger partial charge on any atom is 0.296 e. The van der Waals surface area contributed by atoms with E-state index in [2.05, 4.69) is 15.6 Å². The summed E-state index contributed by atoms with van der Waals surface area (Å²) in [7, 11) is 1.48. The molecular formula is C21H16FN3O4. The van der Waals surface area contributed by atoms with Crippen LogP contribution in [0.5, 0.6) is 11.5 Å². The minimum Gasteiger partial charge on any atom is -0.455 e. The van der Waals surface area contributed by atoms with Crippen molar-refractivity contribution in [3.05, 3.63) is 83.9 Å². The predicted molar refractivity (Wildman–Crippen MR) is 104 cm³/mol. The quantitative estimate of drug-likeness (QED) is 0.495. The zero-order valence-electron chi connectivity index (χ0n) is 15.3. The molecule has 0 radical (unpaired) electrons. The molecule has 0 saturated heterocycles. The van der Waals surface area contributed by atoms with Crippen molar-refractivity contribution in [2.24, 2.45) is 0 Å². The van der Waals surface area contributed by atoms with Crippen LogP contribution in [-0.4, -0.2) is 29.6 Å². The zero-order chi connectivity index (χ0) is 20.8. The number of ketones is 1. The van der Waals surface area contributed by atoms with E-state index < -0.39 is 23.4 Å². The third-order valence-corrected chi connectivity index (χ3v) is 3.87. The van der Waals surface area contributed by atoms with Crippen molar-refractivity contribution in [1.29, 1.82) is 0 Å². The van der Waals surface area contributed by atoms with Crippen LogP contribution in [-0.2, 0) is 4.79 Å². The average Bonchev–Trinajstić information content (AvgIpc) is 2.75. The molecule has 1 heterocycles. The molecule has 0 aliphatic carbocycles. The second-order valence-corrected chi connectivity index (χ2v) is 5.85. The lowest BCUT2D eigenvalue weighted by atomic mass is 10.1. The van der Waals surface area contributed by atoms with Gasteiger partial charge in [0, 0.05) is 24.5 Å². The van der Waals surface area contributed by atoms with Gasteiger partial charge in [-0.05, 0) is 60.7 Å². The Morgan fingerprint density at radius 3 is 2.31 bits per heavy atom. The maximum absolute atomic E-state index is 12.9. The lowest BCUT2D eigenvalue weighted by Crippen LogP contribution is -2.22. The molecule has 0 aliphatic rings. The summed E-state index contributed by atoms with van der Waals surface area (Å²) >= 11 is 0. The number of anilines is 1. The summed E-state index contributed by atoms with van der Waals surface area (Å²) in [5.74, 6) is -1.84. The van der Waals surface area contributed by atoms with Crippen LogP contribution in [0.1, 0.15) is 20.8 Å². The van der Waals surface area contributed by atoms with Crippen LogP contribution < -0.4 is 15.4 Å². The molecule has 0 fully saturated rings. The second kappa shape index (κ2) is 8.75. The Hall–Kier alpha value is -4.07. The van der Waals surface area contributed by atoms with E-state index in [1.54, 1.807) is 12.1 Å². The number of halogens is 1. The number of ether oxygens (including phenoxy) is 1. The summed E-state index contributed by atoms with van der Waals surface area (Å²) in [6.45, 7) is 0. The topological polar surface area (TPSA) is 97.4 Å². The largest absolute Gasteiger partial charge is 0.455 e. The first-order valence-electron chi connectivity index (χ1n) is 8.54. The van der Waals surface area contributed by atoms with Crippen molar-refractivity contribution in [3.63, 3.8) is 0 Å². The maximum atomic E-state index is 12.9. The van der Waals surface area contributed by atoms with E-state index in [1.165, 1.54) is 61.8 Å². The highest BCUT2D eigenvalue weighted by Crippen LogP contribution is 2.24. The fraction of sp³-hybridized carbons (Fsp3) is 0.0476.